The maximum atomic E-state index is 13.0. The molecule has 2 aromatic rings. The molecule has 4 nitrogen and oxygen atoms in total. The third-order valence-electron chi connectivity index (χ3n) is 4.81. The molecule has 2 amide bonds. The highest BCUT2D eigenvalue weighted by atomic mass is 35.5. The zero-order chi connectivity index (χ0) is 21.2. The predicted octanol–water partition coefficient (Wildman–Crippen LogP) is 4.91. The van der Waals surface area contributed by atoms with Crippen LogP contribution in [0.15, 0.2) is 54.6 Å². The average Bonchev–Trinajstić information content (AvgIpc) is 2.73. The molecule has 0 heterocycles. The maximum Gasteiger partial charge on any atom is 0.242 e. The van der Waals surface area contributed by atoms with E-state index in [9.17, 15) is 9.59 Å². The van der Waals surface area contributed by atoms with Gasteiger partial charge < -0.3 is 10.2 Å². The molecule has 0 aliphatic rings. The predicted molar refractivity (Wildman–Crippen MR) is 122 cm³/mol. The minimum Gasteiger partial charge on any atom is -0.352 e. The molecule has 0 radical (unpaired) electrons. The number of halogens is 1. The number of carbonyl (C=O) groups is 2. The second-order valence-corrected chi connectivity index (χ2v) is 8.48. The van der Waals surface area contributed by atoms with Crippen LogP contribution < -0.4 is 5.32 Å². The van der Waals surface area contributed by atoms with Gasteiger partial charge in [-0.25, -0.2) is 0 Å². The van der Waals surface area contributed by atoms with E-state index in [0.717, 1.165) is 17.5 Å². The normalized spacial score (nSPS) is 12.8. The molecule has 0 saturated heterocycles. The fourth-order valence-corrected chi connectivity index (χ4v) is 3.97. The number of hydrogen-bond acceptors (Lipinski definition) is 3. The molecular formula is C23H29ClN2O2S. The Bertz CT molecular complexity index is 800. The molecule has 0 unspecified atom stereocenters. The Labute approximate surface area is 183 Å². The third-order valence-corrected chi connectivity index (χ3v) is 6.14. The molecule has 0 bridgehead atoms. The van der Waals surface area contributed by atoms with Crippen molar-refractivity contribution in [3.8, 4) is 0 Å². The minimum absolute atomic E-state index is 0.0577. The van der Waals surface area contributed by atoms with E-state index in [-0.39, 0.29) is 17.9 Å². The van der Waals surface area contributed by atoms with Crippen molar-refractivity contribution in [3.05, 3.63) is 70.7 Å². The summed E-state index contributed by atoms with van der Waals surface area (Å²) in [5.41, 5.74) is 2.00. The van der Waals surface area contributed by atoms with Gasteiger partial charge in [-0.15, -0.1) is 11.8 Å². The number of rotatable bonds is 10. The van der Waals surface area contributed by atoms with Crippen LogP contribution in [0.5, 0.6) is 0 Å². The molecule has 0 aliphatic carbocycles. The molecule has 1 N–H and O–H groups in total. The molecule has 2 atom stereocenters. The van der Waals surface area contributed by atoms with Crippen molar-refractivity contribution >= 4 is 35.2 Å². The van der Waals surface area contributed by atoms with E-state index in [2.05, 4.69) is 5.32 Å². The van der Waals surface area contributed by atoms with E-state index in [1.54, 1.807) is 11.8 Å². The van der Waals surface area contributed by atoms with Crippen molar-refractivity contribution < 1.29 is 9.59 Å². The SMILES string of the molecule is CC[C@H](C)NC(=O)[C@@H](C)N(Cc1ccccc1)C(=O)CSCc1ccccc1Cl. The Morgan fingerprint density at radius 3 is 2.38 bits per heavy atom. The van der Waals surface area contributed by atoms with Crippen molar-refractivity contribution in [1.29, 1.82) is 0 Å². The van der Waals surface area contributed by atoms with Gasteiger partial charge in [0.25, 0.3) is 0 Å². The minimum atomic E-state index is -0.544. The summed E-state index contributed by atoms with van der Waals surface area (Å²) in [5, 5.41) is 3.69. The topological polar surface area (TPSA) is 49.4 Å². The quantitative estimate of drug-likeness (QED) is 0.580. The second-order valence-electron chi connectivity index (χ2n) is 7.09. The average molecular weight is 433 g/mol. The van der Waals surface area contributed by atoms with Gasteiger partial charge in [0.1, 0.15) is 6.04 Å². The fourth-order valence-electron chi connectivity index (χ4n) is 2.77. The van der Waals surface area contributed by atoms with Crippen LogP contribution in [0.2, 0.25) is 5.02 Å². The molecule has 2 aromatic carbocycles. The largest absolute Gasteiger partial charge is 0.352 e. The number of carbonyl (C=O) groups excluding carboxylic acids is 2. The molecule has 156 valence electrons. The Morgan fingerprint density at radius 1 is 1.07 bits per heavy atom. The van der Waals surface area contributed by atoms with Gasteiger partial charge in [0.05, 0.1) is 5.75 Å². The Hall–Kier alpha value is -1.98. The van der Waals surface area contributed by atoms with E-state index in [4.69, 9.17) is 11.6 Å². The smallest absolute Gasteiger partial charge is 0.242 e. The highest BCUT2D eigenvalue weighted by molar-refractivity contribution is 7.99. The lowest BCUT2D eigenvalue weighted by Crippen LogP contribution is -2.50. The zero-order valence-electron chi connectivity index (χ0n) is 17.2. The Balaban J connectivity index is 2.05. The highest BCUT2D eigenvalue weighted by Gasteiger charge is 2.26. The summed E-state index contributed by atoms with van der Waals surface area (Å²) >= 11 is 7.71. The van der Waals surface area contributed by atoms with Gasteiger partial charge in [-0.1, -0.05) is 67.1 Å². The summed E-state index contributed by atoms with van der Waals surface area (Å²) in [4.78, 5) is 27.3. The van der Waals surface area contributed by atoms with Crippen LogP contribution in [0.4, 0.5) is 0 Å². The summed E-state index contributed by atoms with van der Waals surface area (Å²) in [6, 6.07) is 16.9. The summed E-state index contributed by atoms with van der Waals surface area (Å²) in [6.07, 6.45) is 0.846. The van der Waals surface area contributed by atoms with E-state index in [1.807, 2.05) is 68.4 Å². The molecule has 6 heteroatoms. The van der Waals surface area contributed by atoms with Gasteiger partial charge in [0, 0.05) is 23.4 Å². The van der Waals surface area contributed by atoms with Gasteiger partial charge >= 0.3 is 0 Å². The summed E-state index contributed by atoms with van der Waals surface area (Å²) in [5.74, 6) is 0.759. The van der Waals surface area contributed by atoms with Crippen molar-refractivity contribution in [2.24, 2.45) is 0 Å². The second kappa shape index (κ2) is 11.9. The van der Waals surface area contributed by atoms with Crippen molar-refractivity contribution in [3.63, 3.8) is 0 Å². The van der Waals surface area contributed by atoms with Gasteiger partial charge in [-0.2, -0.15) is 0 Å². The van der Waals surface area contributed by atoms with E-state index in [0.29, 0.717) is 23.1 Å². The Kier molecular flexibility index (Phi) is 9.55. The molecule has 2 rings (SSSR count). The van der Waals surface area contributed by atoms with Crippen LogP contribution >= 0.6 is 23.4 Å². The molecule has 0 saturated carbocycles. The van der Waals surface area contributed by atoms with Crippen LogP contribution in [0.1, 0.15) is 38.3 Å². The number of benzene rings is 2. The van der Waals surface area contributed by atoms with Crippen molar-refractivity contribution in [2.75, 3.05) is 5.75 Å². The molecule has 0 aromatic heterocycles. The van der Waals surface area contributed by atoms with Crippen LogP contribution in [0.25, 0.3) is 0 Å². The van der Waals surface area contributed by atoms with Gasteiger partial charge in [0.2, 0.25) is 11.8 Å². The first-order valence-corrected chi connectivity index (χ1v) is 11.4. The molecule has 29 heavy (non-hydrogen) atoms. The molecule has 0 fully saturated rings. The summed E-state index contributed by atoms with van der Waals surface area (Å²) in [6.45, 7) is 6.18. The van der Waals surface area contributed by atoms with Crippen LogP contribution in [0.3, 0.4) is 0 Å². The molecule has 0 spiro atoms. The standard InChI is InChI=1S/C23H29ClN2O2S/c1-4-17(2)25-23(28)18(3)26(14-19-10-6-5-7-11-19)22(27)16-29-15-20-12-8-9-13-21(20)24/h5-13,17-18H,4,14-16H2,1-3H3,(H,25,28)/t17-,18+/m0/s1. The summed E-state index contributed by atoms with van der Waals surface area (Å²) in [7, 11) is 0. The van der Waals surface area contributed by atoms with Crippen LogP contribution in [0, 0.1) is 0 Å². The number of nitrogens with one attached hydrogen (secondary N) is 1. The summed E-state index contributed by atoms with van der Waals surface area (Å²) < 4.78 is 0. The number of nitrogens with zero attached hydrogens (tertiary/aromatic N) is 1. The lowest BCUT2D eigenvalue weighted by molar-refractivity contribution is -0.138. The van der Waals surface area contributed by atoms with E-state index in [1.165, 1.54) is 11.8 Å². The molecular weight excluding hydrogens is 404 g/mol. The lowest BCUT2D eigenvalue weighted by Gasteiger charge is -2.29. The number of thioether (sulfide) groups is 1. The van der Waals surface area contributed by atoms with E-state index < -0.39 is 6.04 Å². The van der Waals surface area contributed by atoms with Gasteiger partial charge in [0.15, 0.2) is 0 Å². The maximum absolute atomic E-state index is 13.0. The monoisotopic (exact) mass is 432 g/mol. The lowest BCUT2D eigenvalue weighted by atomic mass is 10.1. The first-order valence-electron chi connectivity index (χ1n) is 9.87. The first-order chi connectivity index (χ1) is 13.9. The number of amides is 2. The fraction of sp³-hybridized carbons (Fsp3) is 0.391. The third kappa shape index (κ3) is 7.41. The van der Waals surface area contributed by atoms with Gasteiger partial charge in [-0.05, 0) is 37.5 Å². The molecule has 0 aliphatic heterocycles. The first kappa shape index (κ1) is 23.3. The zero-order valence-corrected chi connectivity index (χ0v) is 18.8. The van der Waals surface area contributed by atoms with E-state index >= 15 is 0 Å². The Morgan fingerprint density at radius 2 is 1.72 bits per heavy atom. The number of hydrogen-bond donors (Lipinski definition) is 1. The highest BCUT2D eigenvalue weighted by Crippen LogP contribution is 2.21. The van der Waals surface area contributed by atoms with Crippen LogP contribution in [-0.2, 0) is 21.9 Å². The van der Waals surface area contributed by atoms with Crippen molar-refractivity contribution in [1.82, 2.24) is 10.2 Å². The van der Waals surface area contributed by atoms with Gasteiger partial charge in [-0.3, -0.25) is 9.59 Å². The van der Waals surface area contributed by atoms with Crippen molar-refractivity contribution in [2.45, 2.75) is 51.6 Å². The van der Waals surface area contributed by atoms with Crippen LogP contribution in [-0.4, -0.2) is 34.6 Å².